The summed E-state index contributed by atoms with van der Waals surface area (Å²) >= 11 is 5.93. The van der Waals surface area contributed by atoms with Gasteiger partial charge in [-0.05, 0) is 12.1 Å². The van der Waals surface area contributed by atoms with Crippen molar-refractivity contribution in [3.8, 4) is 0 Å². The molecule has 0 saturated carbocycles. The molecule has 0 aliphatic carbocycles. The molecule has 2 aromatic heterocycles. The molecule has 0 fully saturated rings. The maximum atomic E-state index is 12.3. The van der Waals surface area contributed by atoms with Crippen molar-refractivity contribution >= 4 is 27.3 Å². The van der Waals surface area contributed by atoms with Crippen LogP contribution in [0.5, 0.6) is 0 Å². The Balaban J connectivity index is 2.06. The number of ether oxygens (including phenoxy) is 2. The first-order valence-electron chi connectivity index (χ1n) is 6.25. The molecule has 0 aliphatic heterocycles. The highest BCUT2D eigenvalue weighted by Gasteiger charge is 2.23. The molecule has 0 spiro atoms. The zero-order chi connectivity index (χ0) is 15.3. The Morgan fingerprint density at radius 3 is 2.90 bits per heavy atom. The number of hydrogen-bond acceptors (Lipinski definition) is 5. The summed E-state index contributed by atoms with van der Waals surface area (Å²) in [6, 6.07) is 5.14. The lowest BCUT2D eigenvalue weighted by Crippen LogP contribution is -2.29. The number of sulfonamides is 1. The number of halogens is 1. The van der Waals surface area contributed by atoms with E-state index in [2.05, 4.69) is 9.71 Å². The molecule has 9 heteroatoms. The second kappa shape index (κ2) is 7.19. The molecule has 21 heavy (non-hydrogen) atoms. The van der Waals surface area contributed by atoms with Gasteiger partial charge in [0.2, 0.25) is 0 Å². The molecular formula is C12H16ClN3O4S. The van der Waals surface area contributed by atoms with Crippen LogP contribution in [0.4, 0.5) is 0 Å². The standard InChI is InChI=1S/C12H16ClN3O4S/c1-19-8-9-20-7-5-14-21(17,18)12-11(13)15-10-4-2-3-6-16(10)12/h2-4,6,14H,5,7-9H2,1H3. The second-order valence-electron chi connectivity index (χ2n) is 4.14. The van der Waals surface area contributed by atoms with E-state index in [4.69, 9.17) is 21.1 Å². The van der Waals surface area contributed by atoms with Gasteiger partial charge >= 0.3 is 0 Å². The summed E-state index contributed by atoms with van der Waals surface area (Å²) in [5, 5.41) is -0.134. The molecule has 116 valence electrons. The van der Waals surface area contributed by atoms with Gasteiger partial charge in [-0.25, -0.2) is 18.1 Å². The summed E-state index contributed by atoms with van der Waals surface area (Å²) in [7, 11) is -2.19. The molecule has 2 rings (SSSR count). The second-order valence-corrected chi connectivity index (χ2v) is 6.18. The summed E-state index contributed by atoms with van der Waals surface area (Å²) in [6.45, 7) is 1.26. The minimum absolute atomic E-state index is 0.0611. The van der Waals surface area contributed by atoms with Crippen molar-refractivity contribution < 1.29 is 17.9 Å². The molecule has 1 N–H and O–H groups in total. The topological polar surface area (TPSA) is 81.9 Å². The van der Waals surface area contributed by atoms with Crippen LogP contribution in [0.1, 0.15) is 0 Å². The van der Waals surface area contributed by atoms with Crippen molar-refractivity contribution in [2.75, 3.05) is 33.5 Å². The highest BCUT2D eigenvalue weighted by atomic mass is 35.5. The van der Waals surface area contributed by atoms with Crippen LogP contribution in [0, 0.1) is 0 Å². The molecule has 2 aromatic rings. The Morgan fingerprint density at radius 2 is 2.14 bits per heavy atom. The highest BCUT2D eigenvalue weighted by molar-refractivity contribution is 7.89. The van der Waals surface area contributed by atoms with Crippen molar-refractivity contribution in [1.29, 1.82) is 0 Å². The monoisotopic (exact) mass is 333 g/mol. The zero-order valence-corrected chi connectivity index (χ0v) is 13.0. The number of pyridine rings is 1. The van der Waals surface area contributed by atoms with Crippen molar-refractivity contribution in [1.82, 2.24) is 14.1 Å². The first-order valence-corrected chi connectivity index (χ1v) is 8.11. The Bertz CT molecular complexity index is 702. The van der Waals surface area contributed by atoms with Crippen LogP contribution in [-0.2, 0) is 19.5 Å². The SMILES string of the molecule is COCCOCCNS(=O)(=O)c1c(Cl)nc2ccccn12. The van der Waals surface area contributed by atoms with Gasteiger partial charge in [0, 0.05) is 19.9 Å². The van der Waals surface area contributed by atoms with Crippen LogP contribution >= 0.6 is 11.6 Å². The maximum absolute atomic E-state index is 12.3. The van der Waals surface area contributed by atoms with Gasteiger partial charge in [-0.3, -0.25) is 4.40 Å². The Morgan fingerprint density at radius 1 is 1.33 bits per heavy atom. The van der Waals surface area contributed by atoms with Crippen molar-refractivity contribution in [2.45, 2.75) is 5.03 Å². The first kappa shape index (κ1) is 16.2. The number of fused-ring (bicyclic) bond motifs is 1. The van der Waals surface area contributed by atoms with Crippen LogP contribution in [-0.4, -0.2) is 51.3 Å². The minimum atomic E-state index is -3.76. The van der Waals surface area contributed by atoms with Gasteiger partial charge in [-0.2, -0.15) is 0 Å². The third-order valence-electron chi connectivity index (χ3n) is 2.67. The molecule has 0 amide bonds. The number of hydrogen-bond donors (Lipinski definition) is 1. The molecule has 0 saturated heterocycles. The van der Waals surface area contributed by atoms with Gasteiger partial charge in [-0.1, -0.05) is 17.7 Å². The molecule has 2 heterocycles. The molecule has 0 aliphatic rings. The van der Waals surface area contributed by atoms with Crippen molar-refractivity contribution in [3.05, 3.63) is 29.5 Å². The average Bonchev–Trinajstić information content (AvgIpc) is 2.79. The van der Waals surface area contributed by atoms with E-state index < -0.39 is 10.0 Å². The lowest BCUT2D eigenvalue weighted by Gasteiger charge is -2.07. The summed E-state index contributed by atoms with van der Waals surface area (Å²) in [5.41, 5.74) is 0.471. The molecule has 7 nitrogen and oxygen atoms in total. The fourth-order valence-corrected chi connectivity index (χ4v) is 3.40. The van der Waals surface area contributed by atoms with Crippen LogP contribution in [0.3, 0.4) is 0 Å². The Labute approximate surface area is 127 Å². The zero-order valence-electron chi connectivity index (χ0n) is 11.5. The molecular weight excluding hydrogens is 318 g/mol. The van der Waals surface area contributed by atoms with Crippen LogP contribution < -0.4 is 4.72 Å². The van der Waals surface area contributed by atoms with E-state index >= 15 is 0 Å². The van der Waals surface area contributed by atoms with E-state index in [1.54, 1.807) is 31.5 Å². The smallest absolute Gasteiger partial charge is 0.259 e. The van der Waals surface area contributed by atoms with Crippen LogP contribution in [0.15, 0.2) is 29.4 Å². The fourth-order valence-electron chi connectivity index (χ4n) is 1.75. The van der Waals surface area contributed by atoms with E-state index in [1.165, 1.54) is 4.40 Å². The Kier molecular flexibility index (Phi) is 5.54. The lowest BCUT2D eigenvalue weighted by molar-refractivity contribution is 0.0736. The maximum Gasteiger partial charge on any atom is 0.259 e. The van der Waals surface area contributed by atoms with Crippen molar-refractivity contribution in [2.24, 2.45) is 0 Å². The van der Waals surface area contributed by atoms with E-state index in [0.717, 1.165) is 0 Å². The molecule has 0 unspecified atom stereocenters. The third kappa shape index (κ3) is 3.92. The van der Waals surface area contributed by atoms with E-state index in [1.807, 2.05) is 0 Å². The van der Waals surface area contributed by atoms with Crippen LogP contribution in [0.25, 0.3) is 5.65 Å². The predicted molar refractivity (Wildman–Crippen MR) is 78.1 cm³/mol. The highest BCUT2D eigenvalue weighted by Crippen LogP contribution is 2.21. The normalized spacial score (nSPS) is 12.1. The van der Waals surface area contributed by atoms with E-state index in [0.29, 0.717) is 18.9 Å². The Hall–Kier alpha value is -1.19. The molecule has 0 aromatic carbocycles. The molecule has 0 bridgehead atoms. The summed E-state index contributed by atoms with van der Waals surface area (Å²) in [4.78, 5) is 4.01. The number of rotatable bonds is 8. The van der Waals surface area contributed by atoms with E-state index in [9.17, 15) is 8.42 Å². The van der Waals surface area contributed by atoms with Gasteiger partial charge in [0.25, 0.3) is 10.0 Å². The largest absolute Gasteiger partial charge is 0.382 e. The summed E-state index contributed by atoms with van der Waals surface area (Å²) < 4.78 is 38.4. The molecule has 0 atom stereocenters. The minimum Gasteiger partial charge on any atom is -0.382 e. The quantitative estimate of drug-likeness (QED) is 0.727. The van der Waals surface area contributed by atoms with Gasteiger partial charge in [0.1, 0.15) is 5.65 Å². The first-order chi connectivity index (χ1) is 10.1. The average molecular weight is 334 g/mol. The van der Waals surface area contributed by atoms with Gasteiger partial charge in [-0.15, -0.1) is 0 Å². The predicted octanol–water partition coefficient (Wildman–Crippen LogP) is 0.929. The number of aromatic nitrogens is 2. The lowest BCUT2D eigenvalue weighted by atomic mass is 10.5. The third-order valence-corrected chi connectivity index (χ3v) is 4.53. The van der Waals surface area contributed by atoms with Gasteiger partial charge < -0.3 is 9.47 Å². The fraction of sp³-hybridized carbons (Fsp3) is 0.417. The number of methoxy groups -OCH3 is 1. The molecule has 0 radical (unpaired) electrons. The van der Waals surface area contributed by atoms with Gasteiger partial charge in [0.05, 0.1) is 19.8 Å². The summed E-state index contributed by atoms with van der Waals surface area (Å²) in [6.07, 6.45) is 1.60. The number of imidazole rings is 1. The van der Waals surface area contributed by atoms with Crippen LogP contribution in [0.2, 0.25) is 5.15 Å². The van der Waals surface area contributed by atoms with Crippen molar-refractivity contribution in [3.63, 3.8) is 0 Å². The summed E-state index contributed by atoms with van der Waals surface area (Å²) in [5.74, 6) is 0. The van der Waals surface area contributed by atoms with Gasteiger partial charge in [0.15, 0.2) is 10.2 Å². The number of nitrogens with zero attached hydrogens (tertiary/aromatic N) is 2. The number of nitrogens with one attached hydrogen (secondary N) is 1. The van der Waals surface area contributed by atoms with E-state index in [-0.39, 0.29) is 23.3 Å².